The summed E-state index contributed by atoms with van der Waals surface area (Å²) in [7, 11) is 1.55. The van der Waals surface area contributed by atoms with E-state index in [0.717, 1.165) is 31.9 Å². The second-order valence-electron chi connectivity index (χ2n) is 6.30. The van der Waals surface area contributed by atoms with Gasteiger partial charge in [-0.25, -0.2) is 0 Å². The molecule has 1 aliphatic heterocycles. The van der Waals surface area contributed by atoms with Crippen molar-refractivity contribution < 1.29 is 19.5 Å². The molecule has 26 heavy (non-hydrogen) atoms. The van der Waals surface area contributed by atoms with Crippen LogP contribution in [0.3, 0.4) is 0 Å². The monoisotopic (exact) mass is 376 g/mol. The molecule has 2 aromatic rings. The van der Waals surface area contributed by atoms with E-state index in [1.54, 1.807) is 31.4 Å². The SMILES string of the molecule is COc1ccc(NC(=O)C[NH+]2CCN(c3ccccc3O)CC2)cc1Cl. The maximum absolute atomic E-state index is 12.3. The van der Waals surface area contributed by atoms with Gasteiger partial charge in [0.2, 0.25) is 0 Å². The van der Waals surface area contributed by atoms with Gasteiger partial charge in [-0.3, -0.25) is 4.79 Å². The lowest BCUT2D eigenvalue weighted by molar-refractivity contribution is -0.892. The number of piperazine rings is 1. The van der Waals surface area contributed by atoms with Crippen molar-refractivity contribution in [2.24, 2.45) is 0 Å². The van der Waals surface area contributed by atoms with Crippen LogP contribution in [0, 0.1) is 0 Å². The minimum atomic E-state index is -0.0442. The number of nitrogens with zero attached hydrogens (tertiary/aromatic N) is 1. The molecule has 3 N–H and O–H groups in total. The first-order chi connectivity index (χ1) is 12.6. The van der Waals surface area contributed by atoms with Crippen molar-refractivity contribution in [1.82, 2.24) is 0 Å². The molecule has 0 bridgehead atoms. The van der Waals surface area contributed by atoms with Crippen LogP contribution in [0.25, 0.3) is 0 Å². The van der Waals surface area contributed by atoms with Crippen molar-refractivity contribution in [1.29, 1.82) is 0 Å². The maximum atomic E-state index is 12.3. The summed E-state index contributed by atoms with van der Waals surface area (Å²) in [6, 6.07) is 12.5. The highest BCUT2D eigenvalue weighted by Crippen LogP contribution is 2.27. The number of para-hydroxylation sites is 2. The lowest BCUT2D eigenvalue weighted by atomic mass is 10.2. The summed E-state index contributed by atoms with van der Waals surface area (Å²) < 4.78 is 5.11. The third-order valence-corrected chi connectivity index (χ3v) is 4.83. The quantitative estimate of drug-likeness (QED) is 0.738. The second-order valence-corrected chi connectivity index (χ2v) is 6.71. The molecule has 7 heteroatoms. The van der Waals surface area contributed by atoms with Crippen LogP contribution >= 0.6 is 11.6 Å². The Kier molecular flexibility index (Phi) is 5.85. The fraction of sp³-hybridized carbons (Fsp3) is 0.316. The van der Waals surface area contributed by atoms with Crippen LogP contribution in [0.5, 0.6) is 11.5 Å². The Labute approximate surface area is 157 Å². The van der Waals surface area contributed by atoms with Gasteiger partial charge in [-0.1, -0.05) is 23.7 Å². The molecule has 0 spiro atoms. The number of anilines is 2. The average Bonchev–Trinajstić information content (AvgIpc) is 2.63. The summed E-state index contributed by atoms with van der Waals surface area (Å²) in [5, 5.41) is 13.3. The molecule has 2 aromatic carbocycles. The standard InChI is InChI=1S/C19H22ClN3O3/c1-26-18-7-6-14(12-15(18)20)21-19(25)13-22-8-10-23(11-9-22)16-4-2-3-5-17(16)24/h2-7,12,24H,8-11,13H2,1H3,(H,21,25)/p+1. The first kappa shape index (κ1) is 18.4. The number of aromatic hydroxyl groups is 1. The number of rotatable bonds is 5. The molecule has 1 heterocycles. The fourth-order valence-electron chi connectivity index (χ4n) is 3.15. The number of hydrogen-bond acceptors (Lipinski definition) is 4. The normalized spacial score (nSPS) is 14.9. The van der Waals surface area contributed by atoms with Crippen LogP contribution in [0.4, 0.5) is 11.4 Å². The Bertz CT molecular complexity index is 776. The minimum absolute atomic E-state index is 0.0442. The summed E-state index contributed by atoms with van der Waals surface area (Å²) >= 11 is 6.08. The van der Waals surface area contributed by atoms with Gasteiger partial charge in [0.05, 0.1) is 44.0 Å². The Hall–Kier alpha value is -2.44. The van der Waals surface area contributed by atoms with Crippen molar-refractivity contribution in [2.75, 3.05) is 50.1 Å². The van der Waals surface area contributed by atoms with Crippen LogP contribution < -0.4 is 19.9 Å². The number of phenolic OH excluding ortho intramolecular Hbond substituents is 1. The summed E-state index contributed by atoms with van der Waals surface area (Å²) in [6.07, 6.45) is 0. The number of halogens is 1. The Morgan fingerprint density at radius 1 is 1.27 bits per heavy atom. The van der Waals surface area contributed by atoms with Gasteiger partial charge < -0.3 is 25.0 Å². The van der Waals surface area contributed by atoms with Gasteiger partial charge in [0.15, 0.2) is 6.54 Å². The summed E-state index contributed by atoms with van der Waals surface area (Å²) in [4.78, 5) is 15.7. The predicted octanol–water partition coefficient (Wildman–Crippen LogP) is 1.40. The average molecular weight is 377 g/mol. The van der Waals surface area contributed by atoms with Crippen LogP contribution in [0.2, 0.25) is 5.02 Å². The van der Waals surface area contributed by atoms with Crippen LogP contribution in [0.1, 0.15) is 0 Å². The third-order valence-electron chi connectivity index (χ3n) is 4.54. The van der Waals surface area contributed by atoms with Crippen LogP contribution in [-0.2, 0) is 4.79 Å². The molecule has 1 saturated heterocycles. The van der Waals surface area contributed by atoms with E-state index in [1.165, 1.54) is 4.90 Å². The van der Waals surface area contributed by atoms with E-state index in [0.29, 0.717) is 28.8 Å². The van der Waals surface area contributed by atoms with Gasteiger partial charge in [0.1, 0.15) is 11.5 Å². The number of benzene rings is 2. The largest absolute Gasteiger partial charge is 0.506 e. The number of carbonyl (C=O) groups is 1. The molecule has 0 saturated carbocycles. The molecular weight excluding hydrogens is 354 g/mol. The Morgan fingerprint density at radius 2 is 2.00 bits per heavy atom. The van der Waals surface area contributed by atoms with Crippen molar-refractivity contribution in [3.63, 3.8) is 0 Å². The molecule has 1 aliphatic rings. The molecule has 0 radical (unpaired) electrons. The molecule has 1 fully saturated rings. The Balaban J connectivity index is 1.50. The van der Waals surface area contributed by atoms with Crippen LogP contribution in [-0.4, -0.2) is 50.8 Å². The summed E-state index contributed by atoms with van der Waals surface area (Å²) in [5.41, 5.74) is 1.51. The maximum Gasteiger partial charge on any atom is 0.279 e. The second kappa shape index (κ2) is 8.29. The number of carbonyl (C=O) groups excluding carboxylic acids is 1. The predicted molar refractivity (Wildman–Crippen MR) is 103 cm³/mol. The van der Waals surface area contributed by atoms with Gasteiger partial charge in [-0.15, -0.1) is 0 Å². The number of methoxy groups -OCH3 is 1. The minimum Gasteiger partial charge on any atom is -0.506 e. The molecule has 0 atom stereocenters. The van der Waals surface area contributed by atoms with Crippen LogP contribution in [0.15, 0.2) is 42.5 Å². The summed E-state index contributed by atoms with van der Waals surface area (Å²) in [5.74, 6) is 0.831. The molecule has 6 nitrogen and oxygen atoms in total. The van der Waals surface area contributed by atoms with Crippen molar-refractivity contribution in [2.45, 2.75) is 0 Å². The third kappa shape index (κ3) is 4.39. The van der Waals surface area contributed by atoms with Gasteiger partial charge >= 0.3 is 0 Å². The zero-order chi connectivity index (χ0) is 18.5. The van der Waals surface area contributed by atoms with E-state index >= 15 is 0 Å². The lowest BCUT2D eigenvalue weighted by Gasteiger charge is -2.33. The van der Waals surface area contributed by atoms with Gasteiger partial charge in [0, 0.05) is 5.69 Å². The molecule has 0 aromatic heterocycles. The first-order valence-electron chi connectivity index (χ1n) is 8.56. The zero-order valence-electron chi connectivity index (χ0n) is 14.7. The molecule has 1 amide bonds. The van der Waals surface area contributed by atoms with E-state index in [9.17, 15) is 9.90 Å². The highest BCUT2D eigenvalue weighted by atomic mass is 35.5. The molecule has 0 unspecified atom stereocenters. The number of nitrogens with one attached hydrogen (secondary N) is 2. The number of hydrogen-bond donors (Lipinski definition) is 3. The van der Waals surface area contributed by atoms with E-state index in [-0.39, 0.29) is 5.91 Å². The number of quaternary nitrogens is 1. The molecule has 0 aliphatic carbocycles. The number of phenols is 1. The lowest BCUT2D eigenvalue weighted by Crippen LogP contribution is -3.15. The highest BCUT2D eigenvalue weighted by molar-refractivity contribution is 6.32. The number of amides is 1. The van der Waals surface area contributed by atoms with E-state index in [1.807, 2.05) is 18.2 Å². The van der Waals surface area contributed by atoms with E-state index in [2.05, 4.69) is 10.2 Å². The van der Waals surface area contributed by atoms with Gasteiger partial charge in [-0.2, -0.15) is 0 Å². The van der Waals surface area contributed by atoms with E-state index in [4.69, 9.17) is 16.3 Å². The van der Waals surface area contributed by atoms with E-state index < -0.39 is 0 Å². The van der Waals surface area contributed by atoms with Crippen molar-refractivity contribution >= 4 is 28.9 Å². The molecule has 3 rings (SSSR count). The highest BCUT2D eigenvalue weighted by Gasteiger charge is 2.23. The van der Waals surface area contributed by atoms with Gasteiger partial charge in [0.25, 0.3) is 5.91 Å². The molecular formula is C19H23ClN3O3+. The van der Waals surface area contributed by atoms with Crippen molar-refractivity contribution in [3.8, 4) is 11.5 Å². The zero-order valence-corrected chi connectivity index (χ0v) is 15.4. The Morgan fingerprint density at radius 3 is 2.65 bits per heavy atom. The van der Waals surface area contributed by atoms with Crippen molar-refractivity contribution in [3.05, 3.63) is 47.5 Å². The number of ether oxygens (including phenoxy) is 1. The summed E-state index contributed by atoms with van der Waals surface area (Å²) in [6.45, 7) is 3.68. The molecule has 138 valence electrons. The smallest absolute Gasteiger partial charge is 0.279 e. The topological polar surface area (TPSA) is 66.2 Å². The fourth-order valence-corrected chi connectivity index (χ4v) is 3.41. The van der Waals surface area contributed by atoms with Gasteiger partial charge in [-0.05, 0) is 30.3 Å². The first-order valence-corrected chi connectivity index (χ1v) is 8.94.